The van der Waals surface area contributed by atoms with Gasteiger partial charge in [0.2, 0.25) is 0 Å². The fourth-order valence-electron chi connectivity index (χ4n) is 5.56. The van der Waals surface area contributed by atoms with Gasteiger partial charge in [-0.3, -0.25) is 6.08 Å². The van der Waals surface area contributed by atoms with Gasteiger partial charge in [0, 0.05) is 9.52 Å². The fourth-order valence-corrected chi connectivity index (χ4v) is 6.14. The smallest absolute Gasteiger partial charge is 1.00 e. The zero-order chi connectivity index (χ0) is 18.6. The molecule has 0 aromatic carbocycles. The van der Waals surface area contributed by atoms with E-state index in [9.17, 15) is 0 Å². The molecule has 5 aliphatic carbocycles. The Labute approximate surface area is 205 Å². The van der Waals surface area contributed by atoms with Crippen LogP contribution in [-0.4, -0.2) is 15.1 Å². The molecule has 5 aliphatic rings. The van der Waals surface area contributed by atoms with Crippen molar-refractivity contribution in [2.45, 2.75) is 97.7 Å². The van der Waals surface area contributed by atoms with Crippen LogP contribution in [0.1, 0.15) is 80.1 Å². The Morgan fingerprint density at radius 1 is 0.929 bits per heavy atom. The topological polar surface area (TPSA) is 23.8 Å². The standard InChI is InChI=1S/C10H16N.C9H13.C4H11Si.2ClH.Ti/c11-10-4-7-1-8(5-10)3-9(2-7)6-10;1-6-5-7(2)9(4)8(6)3;1-3-5-4-2;;;/h7-9,11H,1-6H2;6H,1-4H3;5H,3-4H2,1-2H3;2*1H;/q2*-1;;;;+4/p-2. The van der Waals surface area contributed by atoms with Crippen molar-refractivity contribution in [1.82, 2.24) is 0 Å². The molecule has 5 heteroatoms. The van der Waals surface area contributed by atoms with Crippen molar-refractivity contribution >= 4 is 9.52 Å². The van der Waals surface area contributed by atoms with Crippen molar-refractivity contribution < 1.29 is 46.5 Å². The van der Waals surface area contributed by atoms with Gasteiger partial charge in [0.25, 0.3) is 0 Å². The van der Waals surface area contributed by atoms with Gasteiger partial charge in [0.05, 0.1) is 0 Å². The second kappa shape index (κ2) is 14.1. The second-order valence-electron chi connectivity index (χ2n) is 9.10. The summed E-state index contributed by atoms with van der Waals surface area (Å²) in [6.07, 6.45) is 11.5. The molecule has 1 nitrogen and oxygen atoms in total. The molecule has 28 heavy (non-hydrogen) atoms. The summed E-state index contributed by atoms with van der Waals surface area (Å²) in [7, 11) is 0.815. The molecule has 1 N–H and O–H groups in total. The minimum Gasteiger partial charge on any atom is -1.00 e. The molecule has 159 valence electrons. The number of rotatable bonds is 2. The van der Waals surface area contributed by atoms with Gasteiger partial charge in [0.1, 0.15) is 0 Å². The fraction of sp³-hybridized carbons (Fsp3) is 0.826. The third kappa shape index (κ3) is 8.60. The molecule has 0 heterocycles. The molecule has 4 saturated carbocycles. The summed E-state index contributed by atoms with van der Waals surface area (Å²) in [5.74, 6) is 3.43. The first-order valence-corrected chi connectivity index (χ1v) is 12.3. The van der Waals surface area contributed by atoms with E-state index in [0.29, 0.717) is 5.92 Å². The second-order valence-corrected chi connectivity index (χ2v) is 11.3. The minimum absolute atomic E-state index is 0. The van der Waals surface area contributed by atoms with E-state index >= 15 is 0 Å². The van der Waals surface area contributed by atoms with Crippen molar-refractivity contribution in [3.05, 3.63) is 28.5 Å². The number of hydrogen-bond acceptors (Lipinski definition) is 0. The third-order valence-electron chi connectivity index (χ3n) is 6.85. The van der Waals surface area contributed by atoms with Gasteiger partial charge in [-0.15, -0.1) is 12.5 Å². The van der Waals surface area contributed by atoms with E-state index in [0.717, 1.165) is 27.3 Å². The van der Waals surface area contributed by atoms with Crippen LogP contribution < -0.4 is 24.8 Å². The molecule has 0 spiro atoms. The normalized spacial score (nSPS) is 33.9. The summed E-state index contributed by atoms with van der Waals surface area (Å²) in [5.41, 5.74) is 12.5. The molecule has 1 atom stereocenters. The van der Waals surface area contributed by atoms with Gasteiger partial charge in [-0.25, -0.2) is 5.57 Å². The molecule has 4 fully saturated rings. The molecule has 0 saturated heterocycles. The van der Waals surface area contributed by atoms with Crippen molar-refractivity contribution in [2.75, 3.05) is 0 Å². The van der Waals surface area contributed by atoms with Crippen molar-refractivity contribution in [1.29, 1.82) is 0 Å². The molecular formula is C23H40Cl2NSiTi. The maximum absolute atomic E-state index is 8.21. The van der Waals surface area contributed by atoms with Crippen molar-refractivity contribution in [3.8, 4) is 0 Å². The zero-order valence-corrected chi connectivity index (χ0v) is 23.0. The number of hydrogen-bond donors (Lipinski definition) is 0. The van der Waals surface area contributed by atoms with E-state index in [1.165, 1.54) is 67.3 Å². The Hall–Kier alpha value is 0.951. The molecule has 5 rings (SSSR count). The van der Waals surface area contributed by atoms with Crippen LogP contribution >= 0.6 is 0 Å². The first-order valence-electron chi connectivity index (χ1n) is 10.6. The average molecular weight is 477 g/mol. The van der Waals surface area contributed by atoms with Crippen LogP contribution in [0.2, 0.25) is 12.1 Å². The van der Waals surface area contributed by atoms with Crippen LogP contribution in [0.15, 0.2) is 16.7 Å². The van der Waals surface area contributed by atoms with Crippen LogP contribution in [0.25, 0.3) is 5.73 Å². The van der Waals surface area contributed by atoms with Gasteiger partial charge in [-0.05, 0) is 37.0 Å². The van der Waals surface area contributed by atoms with E-state index in [2.05, 4.69) is 47.6 Å². The summed E-state index contributed by atoms with van der Waals surface area (Å²) >= 11 is 0. The summed E-state index contributed by atoms with van der Waals surface area (Å²) in [6.45, 7) is 13.2. The van der Waals surface area contributed by atoms with E-state index < -0.39 is 0 Å². The number of halogens is 2. The van der Waals surface area contributed by atoms with Gasteiger partial charge in [-0.2, -0.15) is 11.1 Å². The van der Waals surface area contributed by atoms with E-state index in [4.69, 9.17) is 5.73 Å². The minimum atomic E-state index is 0. The number of allylic oxidation sites excluding steroid dienone is 4. The summed E-state index contributed by atoms with van der Waals surface area (Å²) < 4.78 is 0. The van der Waals surface area contributed by atoms with Crippen molar-refractivity contribution in [2.24, 2.45) is 23.7 Å². The van der Waals surface area contributed by atoms with Gasteiger partial charge < -0.3 is 30.5 Å². The van der Waals surface area contributed by atoms with Crippen LogP contribution in [-0.2, 0) is 21.7 Å². The van der Waals surface area contributed by atoms with E-state index in [-0.39, 0.29) is 52.1 Å². The number of nitrogens with one attached hydrogen (secondary N) is 1. The Morgan fingerprint density at radius 3 is 1.46 bits per heavy atom. The summed E-state index contributed by atoms with van der Waals surface area (Å²) in [5, 5.41) is 0. The largest absolute Gasteiger partial charge is 4.00 e. The molecule has 0 aromatic heterocycles. The summed E-state index contributed by atoms with van der Waals surface area (Å²) in [4.78, 5) is 0. The average Bonchev–Trinajstić information content (AvgIpc) is 2.73. The molecule has 0 aliphatic heterocycles. The molecular weight excluding hydrogens is 437 g/mol. The van der Waals surface area contributed by atoms with Crippen LogP contribution in [0, 0.1) is 29.7 Å². The SMILES string of the molecule is CC1=[C-]C(C)C(C)=C1C.CC[SiH]CC.[Cl-].[Cl-].[NH-]C12CC3CC(CC(C3)C1)C2.[Ti+4]. The Balaban J connectivity index is 0. The predicted octanol–water partition coefficient (Wildman–Crippen LogP) is 1.03. The van der Waals surface area contributed by atoms with Crippen LogP contribution in [0.3, 0.4) is 0 Å². The zero-order valence-electron chi connectivity index (χ0n) is 18.8. The van der Waals surface area contributed by atoms with Gasteiger partial charge >= 0.3 is 21.7 Å². The molecule has 4 bridgehead atoms. The Kier molecular flexibility index (Phi) is 15.7. The van der Waals surface area contributed by atoms with E-state index in [1.807, 2.05) is 0 Å². The van der Waals surface area contributed by atoms with Gasteiger partial charge in [0.15, 0.2) is 0 Å². The van der Waals surface area contributed by atoms with Crippen molar-refractivity contribution in [3.63, 3.8) is 0 Å². The molecule has 0 aromatic rings. The van der Waals surface area contributed by atoms with Gasteiger partial charge in [-0.1, -0.05) is 71.9 Å². The third-order valence-corrected chi connectivity index (χ3v) is 8.01. The molecule has 1 radical (unpaired) electrons. The first kappa shape index (κ1) is 31.1. The Morgan fingerprint density at radius 2 is 1.32 bits per heavy atom. The van der Waals surface area contributed by atoms with Crippen LogP contribution in [0.5, 0.6) is 0 Å². The first-order chi connectivity index (χ1) is 11.8. The maximum atomic E-state index is 8.21. The quantitative estimate of drug-likeness (QED) is 0.420. The Bertz CT molecular complexity index is 481. The monoisotopic (exact) mass is 476 g/mol. The molecule has 0 amide bonds. The maximum Gasteiger partial charge on any atom is 4.00 e. The van der Waals surface area contributed by atoms with Crippen LogP contribution in [0.4, 0.5) is 0 Å². The summed E-state index contributed by atoms with van der Waals surface area (Å²) in [6, 6.07) is 2.85. The predicted molar refractivity (Wildman–Crippen MR) is 113 cm³/mol. The molecule has 1 unspecified atom stereocenters. The van der Waals surface area contributed by atoms with E-state index in [1.54, 1.807) is 0 Å².